The molecule has 0 heterocycles. The van der Waals surface area contributed by atoms with Crippen LogP contribution in [0.2, 0.25) is 0 Å². The lowest BCUT2D eigenvalue weighted by molar-refractivity contribution is -0.234. The fraction of sp³-hybridized carbons (Fsp3) is 0.231. The molecule has 1 atom stereocenters. The van der Waals surface area contributed by atoms with Crippen molar-refractivity contribution < 1.29 is 38.7 Å². The summed E-state index contributed by atoms with van der Waals surface area (Å²) in [6.07, 6.45) is -9.66. The number of fused-ring (bicyclic) bond motifs is 1. The highest BCUT2D eigenvalue weighted by Gasteiger charge is 2.66. The molecule has 2 rings (SSSR count). The van der Waals surface area contributed by atoms with E-state index >= 15 is 0 Å². The summed E-state index contributed by atoms with van der Waals surface area (Å²) < 4.78 is 95.8. The second-order valence-electron chi connectivity index (χ2n) is 4.64. The Hall–Kier alpha value is -1.59. The molecule has 0 bridgehead atoms. The van der Waals surface area contributed by atoms with Gasteiger partial charge in [0.2, 0.25) is 6.10 Å². The SMILES string of the molecule is O=S(=O)(Oc1ccc2ccccc2c1)C(F)(F)C(OS)C(F)(F)F. The lowest BCUT2D eigenvalue weighted by Gasteiger charge is -2.25. The minimum atomic E-state index is -6.00. The van der Waals surface area contributed by atoms with Crippen molar-refractivity contribution in [3.05, 3.63) is 42.5 Å². The molecule has 0 radical (unpaired) electrons. The Morgan fingerprint density at radius 1 is 0.958 bits per heavy atom. The van der Waals surface area contributed by atoms with E-state index in [1.807, 2.05) is 0 Å². The summed E-state index contributed by atoms with van der Waals surface area (Å²) in [5, 5.41) is -4.30. The molecule has 2 aromatic rings. The Morgan fingerprint density at radius 3 is 2.08 bits per heavy atom. The van der Waals surface area contributed by atoms with Crippen LogP contribution in [-0.2, 0) is 14.3 Å². The lowest BCUT2D eigenvalue weighted by atomic mass is 10.1. The molecule has 4 nitrogen and oxygen atoms in total. The van der Waals surface area contributed by atoms with E-state index in [1.54, 1.807) is 24.3 Å². The third-order valence-electron chi connectivity index (χ3n) is 2.97. The van der Waals surface area contributed by atoms with Crippen LogP contribution in [-0.4, -0.2) is 26.0 Å². The summed E-state index contributed by atoms with van der Waals surface area (Å²) in [5.41, 5.74) is 0. The number of halogens is 5. The summed E-state index contributed by atoms with van der Waals surface area (Å²) in [5.74, 6) is -0.562. The van der Waals surface area contributed by atoms with Gasteiger partial charge in [-0.15, -0.1) is 0 Å². The Balaban J connectivity index is 2.38. The molecule has 0 saturated carbocycles. The van der Waals surface area contributed by atoms with Crippen LogP contribution in [0.3, 0.4) is 0 Å². The zero-order valence-electron chi connectivity index (χ0n) is 11.5. The highest BCUT2D eigenvalue weighted by molar-refractivity contribution is 7.88. The van der Waals surface area contributed by atoms with Crippen LogP contribution in [0, 0.1) is 0 Å². The molecule has 1 unspecified atom stereocenters. The molecule has 0 N–H and O–H groups in total. The van der Waals surface area contributed by atoms with Crippen LogP contribution >= 0.6 is 12.9 Å². The molecule has 0 aliphatic rings. The first-order chi connectivity index (χ1) is 11.0. The Kier molecular flexibility index (Phi) is 4.98. The van der Waals surface area contributed by atoms with Crippen LogP contribution in [0.5, 0.6) is 5.75 Å². The maximum atomic E-state index is 13.8. The van der Waals surface area contributed by atoms with E-state index < -0.39 is 33.4 Å². The van der Waals surface area contributed by atoms with Crippen molar-refractivity contribution in [3.63, 3.8) is 0 Å². The van der Waals surface area contributed by atoms with Crippen molar-refractivity contribution >= 4 is 33.8 Å². The van der Waals surface area contributed by atoms with Gasteiger partial charge in [-0.25, -0.2) is 0 Å². The molecule has 0 spiro atoms. The van der Waals surface area contributed by atoms with Gasteiger partial charge >= 0.3 is 21.5 Å². The standard InChI is InChI=1S/C13H9F5O4S2/c14-12(15,16)11(21-23)13(17,18)24(19,20)22-10-6-5-8-3-1-2-4-9(8)7-10/h1-7,11,23H. The minimum absolute atomic E-state index is 0.450. The predicted octanol–water partition coefficient (Wildman–Crippen LogP) is 3.93. The van der Waals surface area contributed by atoms with Gasteiger partial charge in [-0.1, -0.05) is 30.3 Å². The molecule has 11 heteroatoms. The Bertz CT molecular complexity index is 836. The largest absolute Gasteiger partial charge is 0.423 e. The van der Waals surface area contributed by atoms with Gasteiger partial charge in [0.15, 0.2) is 0 Å². The van der Waals surface area contributed by atoms with Crippen molar-refractivity contribution in [3.8, 4) is 5.75 Å². The van der Waals surface area contributed by atoms with Gasteiger partial charge < -0.3 is 4.18 Å². The Morgan fingerprint density at radius 2 is 1.54 bits per heavy atom. The van der Waals surface area contributed by atoms with E-state index in [2.05, 4.69) is 21.3 Å². The van der Waals surface area contributed by atoms with Gasteiger partial charge in [0.05, 0.1) is 0 Å². The van der Waals surface area contributed by atoms with Gasteiger partial charge in [0.1, 0.15) is 5.75 Å². The van der Waals surface area contributed by atoms with E-state index in [0.29, 0.717) is 10.8 Å². The number of alkyl halides is 5. The Labute approximate surface area is 138 Å². The second kappa shape index (κ2) is 6.37. The van der Waals surface area contributed by atoms with E-state index in [0.717, 1.165) is 12.1 Å². The summed E-state index contributed by atoms with van der Waals surface area (Å²) in [7, 11) is -6.00. The molecule has 0 aliphatic carbocycles. The molecular formula is C13H9F5O4S2. The molecule has 0 aliphatic heterocycles. The summed E-state index contributed by atoms with van der Waals surface area (Å²) in [6.45, 7) is 0. The van der Waals surface area contributed by atoms with Crippen molar-refractivity contribution in [2.45, 2.75) is 17.5 Å². The number of hydrogen-bond acceptors (Lipinski definition) is 5. The number of thiol groups is 1. The summed E-state index contributed by atoms with van der Waals surface area (Å²) in [4.78, 5) is 0. The van der Waals surface area contributed by atoms with Gasteiger partial charge in [0, 0.05) is 0 Å². The maximum absolute atomic E-state index is 13.8. The first-order valence-corrected chi connectivity index (χ1v) is 7.94. The quantitative estimate of drug-likeness (QED) is 0.365. The molecule has 0 fully saturated rings. The first kappa shape index (κ1) is 18.7. The van der Waals surface area contributed by atoms with E-state index in [1.165, 1.54) is 6.07 Å². The van der Waals surface area contributed by atoms with Crippen LogP contribution in [0.1, 0.15) is 0 Å². The second-order valence-corrected chi connectivity index (χ2v) is 6.47. The average molecular weight is 388 g/mol. The molecular weight excluding hydrogens is 379 g/mol. The number of hydrogen-bond donors (Lipinski definition) is 1. The van der Waals surface area contributed by atoms with E-state index in [4.69, 9.17) is 0 Å². The average Bonchev–Trinajstić information content (AvgIpc) is 2.45. The third-order valence-corrected chi connectivity index (χ3v) is 4.47. The van der Waals surface area contributed by atoms with Gasteiger partial charge in [-0.2, -0.15) is 30.4 Å². The fourth-order valence-corrected chi connectivity index (χ4v) is 3.08. The van der Waals surface area contributed by atoms with Crippen LogP contribution in [0.25, 0.3) is 10.8 Å². The zero-order valence-corrected chi connectivity index (χ0v) is 13.2. The molecule has 24 heavy (non-hydrogen) atoms. The van der Waals surface area contributed by atoms with Gasteiger partial charge in [0.25, 0.3) is 0 Å². The first-order valence-electron chi connectivity index (χ1n) is 6.16. The molecule has 0 saturated heterocycles. The highest BCUT2D eigenvalue weighted by atomic mass is 32.2. The fourth-order valence-electron chi connectivity index (χ4n) is 1.84. The van der Waals surface area contributed by atoms with Gasteiger partial charge in [-0.3, -0.25) is 4.18 Å². The van der Waals surface area contributed by atoms with Gasteiger partial charge in [-0.05, 0) is 35.8 Å². The predicted molar refractivity (Wildman–Crippen MR) is 78.4 cm³/mol. The van der Waals surface area contributed by atoms with Crippen LogP contribution in [0.15, 0.2) is 42.5 Å². The number of benzene rings is 2. The van der Waals surface area contributed by atoms with Crippen LogP contribution in [0.4, 0.5) is 22.0 Å². The summed E-state index contributed by atoms with van der Waals surface area (Å²) >= 11 is 2.69. The normalized spacial score (nSPS) is 14.6. The topological polar surface area (TPSA) is 52.6 Å². The van der Waals surface area contributed by atoms with E-state index in [9.17, 15) is 30.4 Å². The van der Waals surface area contributed by atoms with Crippen LogP contribution < -0.4 is 4.18 Å². The number of rotatable bonds is 5. The smallest absolute Gasteiger partial charge is 0.378 e. The zero-order chi connectivity index (χ0) is 18.2. The molecule has 2 aromatic carbocycles. The van der Waals surface area contributed by atoms with E-state index in [-0.39, 0.29) is 0 Å². The lowest BCUT2D eigenvalue weighted by Crippen LogP contribution is -2.51. The van der Waals surface area contributed by atoms with Crippen molar-refractivity contribution in [1.29, 1.82) is 0 Å². The summed E-state index contributed by atoms with van der Waals surface area (Å²) in [6, 6.07) is 10.0. The monoisotopic (exact) mass is 388 g/mol. The molecule has 0 amide bonds. The third kappa shape index (κ3) is 3.57. The molecule has 0 aromatic heterocycles. The maximum Gasteiger partial charge on any atom is 0.423 e. The van der Waals surface area contributed by atoms with Crippen molar-refractivity contribution in [2.75, 3.05) is 0 Å². The molecule has 132 valence electrons. The van der Waals surface area contributed by atoms with Crippen molar-refractivity contribution in [1.82, 2.24) is 0 Å². The minimum Gasteiger partial charge on any atom is -0.378 e. The van der Waals surface area contributed by atoms with Crippen molar-refractivity contribution in [2.24, 2.45) is 0 Å². The highest BCUT2D eigenvalue weighted by Crippen LogP contribution is 2.40.